The van der Waals surface area contributed by atoms with Crippen LogP contribution in [0.2, 0.25) is 0 Å². The summed E-state index contributed by atoms with van der Waals surface area (Å²) < 4.78 is 38.4. The zero-order valence-corrected chi connectivity index (χ0v) is 19.2. The number of hydrogen-bond donors (Lipinski definition) is 1. The summed E-state index contributed by atoms with van der Waals surface area (Å²) in [6.45, 7) is 4.35. The Bertz CT molecular complexity index is 1030. The molecular weight excluding hydrogens is 416 g/mol. The van der Waals surface area contributed by atoms with Crippen molar-refractivity contribution in [1.29, 1.82) is 0 Å². The molecule has 1 aliphatic rings. The van der Waals surface area contributed by atoms with Crippen LogP contribution in [0.3, 0.4) is 0 Å². The van der Waals surface area contributed by atoms with Gasteiger partial charge in [0.1, 0.15) is 16.4 Å². The average molecular weight is 447 g/mol. The van der Waals surface area contributed by atoms with E-state index in [1.54, 1.807) is 19.2 Å². The van der Waals surface area contributed by atoms with Crippen molar-refractivity contribution in [3.05, 3.63) is 53.6 Å². The fourth-order valence-electron chi connectivity index (χ4n) is 3.92. The molecule has 0 aromatic heterocycles. The lowest BCUT2D eigenvalue weighted by Gasteiger charge is -2.31. The summed E-state index contributed by atoms with van der Waals surface area (Å²) in [5, 5.41) is 3.04. The van der Waals surface area contributed by atoms with Crippen LogP contribution in [-0.4, -0.2) is 45.9 Å². The van der Waals surface area contributed by atoms with Gasteiger partial charge < -0.3 is 14.8 Å². The normalized spacial score (nSPS) is 16.5. The number of nitrogens with zero attached hydrogens (tertiary/aromatic N) is 1. The van der Waals surface area contributed by atoms with Crippen molar-refractivity contribution in [1.82, 2.24) is 9.62 Å². The van der Waals surface area contributed by atoms with Gasteiger partial charge >= 0.3 is 0 Å². The lowest BCUT2D eigenvalue weighted by molar-refractivity contribution is -0.126. The van der Waals surface area contributed by atoms with Gasteiger partial charge in [-0.15, -0.1) is 0 Å². The average Bonchev–Trinajstić information content (AvgIpc) is 2.79. The summed E-state index contributed by atoms with van der Waals surface area (Å²) in [7, 11) is -0.626. The molecule has 0 bridgehead atoms. The molecule has 0 unspecified atom stereocenters. The number of hydrogen-bond acceptors (Lipinski definition) is 5. The molecule has 1 saturated heterocycles. The molecule has 2 aromatic carbocycles. The summed E-state index contributed by atoms with van der Waals surface area (Å²) in [5.74, 6) is 0.756. The summed E-state index contributed by atoms with van der Waals surface area (Å²) >= 11 is 0. The second kappa shape index (κ2) is 9.70. The SMILES string of the molecule is COc1ccccc1[C@@H](C)NC(=O)C1CCN(S(=O)(=O)c2cc(C)ccc2OC)CC1. The molecule has 1 aliphatic heterocycles. The predicted octanol–water partition coefficient (Wildman–Crippen LogP) is 3.29. The molecule has 1 fully saturated rings. The third kappa shape index (κ3) is 5.02. The number of sulfonamides is 1. The maximum Gasteiger partial charge on any atom is 0.246 e. The van der Waals surface area contributed by atoms with Gasteiger partial charge in [0.05, 0.1) is 20.3 Å². The smallest absolute Gasteiger partial charge is 0.246 e. The highest BCUT2D eigenvalue weighted by molar-refractivity contribution is 7.89. The molecule has 3 rings (SSSR count). The number of para-hydroxylation sites is 1. The van der Waals surface area contributed by atoms with E-state index in [1.807, 2.05) is 44.2 Å². The first-order valence-electron chi connectivity index (χ1n) is 10.4. The Morgan fingerprint density at radius 3 is 2.35 bits per heavy atom. The molecule has 31 heavy (non-hydrogen) atoms. The van der Waals surface area contributed by atoms with Crippen LogP contribution in [0.1, 0.15) is 36.9 Å². The molecular formula is C23H30N2O5S. The number of carbonyl (C=O) groups is 1. The largest absolute Gasteiger partial charge is 0.496 e. The molecule has 0 aliphatic carbocycles. The first-order valence-corrected chi connectivity index (χ1v) is 11.8. The number of ether oxygens (including phenoxy) is 2. The van der Waals surface area contributed by atoms with Crippen LogP contribution < -0.4 is 14.8 Å². The van der Waals surface area contributed by atoms with Gasteiger partial charge in [0.2, 0.25) is 15.9 Å². The quantitative estimate of drug-likeness (QED) is 0.706. The van der Waals surface area contributed by atoms with Crippen molar-refractivity contribution in [3.8, 4) is 11.5 Å². The number of nitrogens with one attached hydrogen (secondary N) is 1. The van der Waals surface area contributed by atoms with Crippen molar-refractivity contribution in [2.24, 2.45) is 5.92 Å². The molecule has 0 saturated carbocycles. The maximum atomic E-state index is 13.2. The van der Waals surface area contributed by atoms with Crippen LogP contribution >= 0.6 is 0 Å². The predicted molar refractivity (Wildman–Crippen MR) is 119 cm³/mol. The van der Waals surface area contributed by atoms with Crippen LogP contribution in [0.5, 0.6) is 11.5 Å². The zero-order valence-electron chi connectivity index (χ0n) is 18.4. The van der Waals surface area contributed by atoms with Gasteiger partial charge in [0.25, 0.3) is 0 Å². The summed E-state index contributed by atoms with van der Waals surface area (Å²) in [5.41, 5.74) is 1.75. The van der Waals surface area contributed by atoms with Crippen molar-refractivity contribution < 1.29 is 22.7 Å². The highest BCUT2D eigenvalue weighted by Crippen LogP contribution is 2.31. The molecule has 1 atom stereocenters. The van der Waals surface area contributed by atoms with E-state index in [0.717, 1.165) is 16.9 Å². The monoisotopic (exact) mass is 446 g/mol. The highest BCUT2D eigenvalue weighted by atomic mass is 32.2. The van der Waals surface area contributed by atoms with Gasteiger partial charge in [-0.3, -0.25) is 4.79 Å². The fourth-order valence-corrected chi connectivity index (χ4v) is 5.63. The van der Waals surface area contributed by atoms with E-state index in [0.29, 0.717) is 31.7 Å². The number of piperidine rings is 1. The second-order valence-electron chi connectivity index (χ2n) is 7.80. The Balaban J connectivity index is 1.65. The second-order valence-corrected chi connectivity index (χ2v) is 9.71. The third-order valence-corrected chi connectivity index (χ3v) is 7.65. The number of carbonyl (C=O) groups excluding carboxylic acids is 1. The van der Waals surface area contributed by atoms with Gasteiger partial charge in [0.15, 0.2) is 0 Å². The van der Waals surface area contributed by atoms with Gasteiger partial charge in [-0.25, -0.2) is 8.42 Å². The van der Waals surface area contributed by atoms with Crippen molar-refractivity contribution >= 4 is 15.9 Å². The van der Waals surface area contributed by atoms with E-state index in [2.05, 4.69) is 5.32 Å². The minimum Gasteiger partial charge on any atom is -0.496 e. The van der Waals surface area contributed by atoms with Gasteiger partial charge in [-0.1, -0.05) is 24.3 Å². The number of amides is 1. The Labute approximate surface area is 184 Å². The van der Waals surface area contributed by atoms with E-state index in [4.69, 9.17) is 9.47 Å². The summed E-state index contributed by atoms with van der Waals surface area (Å²) in [4.78, 5) is 13.0. The van der Waals surface area contributed by atoms with Gasteiger partial charge in [-0.05, 0) is 50.5 Å². The Morgan fingerprint density at radius 1 is 1.06 bits per heavy atom. The van der Waals surface area contributed by atoms with Crippen LogP contribution in [0, 0.1) is 12.8 Å². The van der Waals surface area contributed by atoms with Crippen LogP contribution in [0.15, 0.2) is 47.4 Å². The van der Waals surface area contributed by atoms with Crippen LogP contribution in [-0.2, 0) is 14.8 Å². The van der Waals surface area contributed by atoms with Crippen molar-refractivity contribution in [3.63, 3.8) is 0 Å². The number of methoxy groups -OCH3 is 2. The van der Waals surface area contributed by atoms with E-state index >= 15 is 0 Å². The molecule has 8 heteroatoms. The zero-order chi connectivity index (χ0) is 22.6. The maximum absolute atomic E-state index is 13.2. The van der Waals surface area contributed by atoms with Crippen molar-refractivity contribution in [2.75, 3.05) is 27.3 Å². The topological polar surface area (TPSA) is 84.9 Å². The van der Waals surface area contributed by atoms with E-state index in [9.17, 15) is 13.2 Å². The summed E-state index contributed by atoms with van der Waals surface area (Å²) in [6, 6.07) is 12.5. The molecule has 1 N–H and O–H groups in total. The minimum atomic E-state index is -3.69. The Morgan fingerprint density at radius 2 is 1.71 bits per heavy atom. The molecule has 0 radical (unpaired) electrons. The number of rotatable bonds is 7. The molecule has 1 heterocycles. The first-order chi connectivity index (χ1) is 14.8. The molecule has 168 valence electrons. The highest BCUT2D eigenvalue weighted by Gasteiger charge is 2.34. The third-order valence-electron chi connectivity index (χ3n) is 5.73. The van der Waals surface area contributed by atoms with E-state index in [1.165, 1.54) is 11.4 Å². The van der Waals surface area contributed by atoms with Crippen molar-refractivity contribution in [2.45, 2.75) is 37.6 Å². The molecule has 1 amide bonds. The Kier molecular flexibility index (Phi) is 7.23. The van der Waals surface area contributed by atoms with E-state index in [-0.39, 0.29) is 22.8 Å². The lowest BCUT2D eigenvalue weighted by Crippen LogP contribution is -2.43. The Hall–Kier alpha value is -2.58. The fraction of sp³-hybridized carbons (Fsp3) is 0.435. The lowest BCUT2D eigenvalue weighted by atomic mass is 9.96. The summed E-state index contributed by atoms with van der Waals surface area (Å²) in [6.07, 6.45) is 0.940. The van der Waals surface area contributed by atoms with Crippen LogP contribution in [0.25, 0.3) is 0 Å². The van der Waals surface area contributed by atoms with Crippen LogP contribution in [0.4, 0.5) is 0 Å². The number of benzene rings is 2. The van der Waals surface area contributed by atoms with Gasteiger partial charge in [0, 0.05) is 24.6 Å². The first kappa shape index (κ1) is 23.1. The minimum absolute atomic E-state index is 0.0661. The van der Waals surface area contributed by atoms with Gasteiger partial charge in [-0.2, -0.15) is 4.31 Å². The molecule has 7 nitrogen and oxygen atoms in total. The van der Waals surface area contributed by atoms with E-state index < -0.39 is 10.0 Å². The standard InChI is InChI=1S/C23H30N2O5S/c1-16-9-10-21(30-4)22(15-16)31(27,28)25-13-11-18(12-14-25)23(26)24-17(2)19-7-5-6-8-20(19)29-3/h5-10,15,17-18H,11-14H2,1-4H3,(H,24,26)/t17-/m1/s1. The molecule has 2 aromatic rings. The number of aryl methyl sites for hydroxylation is 1. The molecule has 0 spiro atoms.